The molecule has 0 N–H and O–H groups in total. The Hall–Kier alpha value is -1.00. The third kappa shape index (κ3) is 6.19. The molecule has 0 saturated carbocycles. The first-order valence-electron chi connectivity index (χ1n) is 4.20. The Balaban J connectivity index is 3.92. The van der Waals surface area contributed by atoms with E-state index in [0.29, 0.717) is 12.3 Å². The minimum absolute atomic E-state index is 0.0350. The minimum atomic E-state index is -0.936. The number of halogens is 1. The molecule has 0 bridgehead atoms. The van der Waals surface area contributed by atoms with Gasteiger partial charge < -0.3 is 0 Å². The third-order valence-electron chi connectivity index (χ3n) is 1.68. The lowest BCUT2D eigenvalue weighted by molar-refractivity contribution is -0.184. The normalized spacial score (nSPS) is 12.6. The molecule has 1 atom stereocenters. The predicted octanol–water partition coefficient (Wildman–Crippen LogP) is 2.23. The zero-order chi connectivity index (χ0) is 10.3. The molecule has 0 aliphatic carbocycles. The Morgan fingerprint density at radius 1 is 1.54 bits per heavy atom. The summed E-state index contributed by atoms with van der Waals surface area (Å²) < 4.78 is 11.4. The van der Waals surface area contributed by atoms with Crippen LogP contribution in [-0.4, -0.2) is 12.5 Å². The summed E-state index contributed by atoms with van der Waals surface area (Å²) in [5.74, 6) is -0.797. The van der Waals surface area contributed by atoms with Crippen LogP contribution >= 0.6 is 0 Å². The van der Waals surface area contributed by atoms with Crippen LogP contribution < -0.4 is 0 Å². The lowest BCUT2D eigenvalue weighted by Crippen LogP contribution is -2.13. The van der Waals surface area contributed by atoms with Gasteiger partial charge in [-0.2, -0.15) is 4.91 Å². The highest BCUT2D eigenvalue weighted by Crippen LogP contribution is 2.16. The molecule has 0 fully saturated rings. The second-order valence-corrected chi connectivity index (χ2v) is 3.46. The van der Waals surface area contributed by atoms with E-state index in [0.717, 1.165) is 0 Å². The summed E-state index contributed by atoms with van der Waals surface area (Å²) in [5.41, 5.74) is 0. The van der Waals surface area contributed by atoms with Crippen molar-refractivity contribution in [3.63, 3.8) is 0 Å². The SMILES string of the molecule is CC(C)CC(CN=O)CC(=O)OF. The van der Waals surface area contributed by atoms with E-state index in [9.17, 15) is 14.2 Å². The van der Waals surface area contributed by atoms with Gasteiger partial charge in [-0.1, -0.05) is 19.0 Å². The molecule has 0 amide bonds. The minimum Gasteiger partial charge on any atom is -0.255 e. The van der Waals surface area contributed by atoms with E-state index < -0.39 is 5.97 Å². The number of carbonyl (C=O) groups is 1. The molecule has 0 saturated heterocycles. The van der Waals surface area contributed by atoms with E-state index in [1.807, 2.05) is 13.8 Å². The average molecular weight is 191 g/mol. The van der Waals surface area contributed by atoms with Gasteiger partial charge >= 0.3 is 5.97 Å². The van der Waals surface area contributed by atoms with Crippen molar-refractivity contribution in [1.29, 1.82) is 0 Å². The predicted molar refractivity (Wildman–Crippen MR) is 45.4 cm³/mol. The second-order valence-electron chi connectivity index (χ2n) is 3.46. The molecule has 0 radical (unpaired) electrons. The van der Waals surface area contributed by atoms with E-state index in [2.05, 4.69) is 10.1 Å². The second kappa shape index (κ2) is 6.51. The van der Waals surface area contributed by atoms with E-state index in [1.165, 1.54) is 0 Å². The van der Waals surface area contributed by atoms with Gasteiger partial charge in [0, 0.05) is 4.53 Å². The molecule has 0 rings (SSSR count). The van der Waals surface area contributed by atoms with Gasteiger partial charge in [-0.15, -0.1) is 0 Å². The Morgan fingerprint density at radius 2 is 2.15 bits per heavy atom. The van der Waals surface area contributed by atoms with Crippen molar-refractivity contribution in [1.82, 2.24) is 0 Å². The van der Waals surface area contributed by atoms with Crippen molar-refractivity contribution in [2.24, 2.45) is 17.0 Å². The Kier molecular flexibility index (Phi) is 6.01. The molecule has 4 nitrogen and oxygen atoms in total. The molecule has 0 aliphatic heterocycles. The van der Waals surface area contributed by atoms with Crippen LogP contribution in [0.1, 0.15) is 26.7 Å². The maximum absolute atomic E-state index is 11.4. The van der Waals surface area contributed by atoms with E-state index in [4.69, 9.17) is 0 Å². The van der Waals surface area contributed by atoms with Crippen LogP contribution in [0, 0.1) is 16.7 Å². The summed E-state index contributed by atoms with van der Waals surface area (Å²) in [6.45, 7) is 3.95. The van der Waals surface area contributed by atoms with Crippen molar-refractivity contribution >= 4 is 5.97 Å². The summed E-state index contributed by atoms with van der Waals surface area (Å²) in [7, 11) is 0. The molecule has 76 valence electrons. The van der Waals surface area contributed by atoms with Crippen molar-refractivity contribution in [3.05, 3.63) is 4.91 Å². The summed E-state index contributed by atoms with van der Waals surface area (Å²) >= 11 is 0. The van der Waals surface area contributed by atoms with Crippen LogP contribution in [0.25, 0.3) is 0 Å². The summed E-state index contributed by atoms with van der Waals surface area (Å²) in [6, 6.07) is 0. The third-order valence-corrected chi connectivity index (χ3v) is 1.68. The van der Waals surface area contributed by atoms with Crippen LogP contribution in [0.2, 0.25) is 0 Å². The quantitative estimate of drug-likeness (QED) is 0.605. The summed E-state index contributed by atoms with van der Waals surface area (Å²) in [5, 5.41) is 2.70. The smallest absolute Gasteiger partial charge is 0.255 e. The Bertz CT molecular complexity index is 173. The van der Waals surface area contributed by atoms with Crippen molar-refractivity contribution in [2.75, 3.05) is 6.54 Å². The molecule has 1 unspecified atom stereocenters. The Morgan fingerprint density at radius 3 is 2.54 bits per heavy atom. The van der Waals surface area contributed by atoms with Crippen molar-refractivity contribution in [3.8, 4) is 0 Å². The highest BCUT2D eigenvalue weighted by molar-refractivity contribution is 5.68. The highest BCUT2D eigenvalue weighted by Gasteiger charge is 2.17. The van der Waals surface area contributed by atoms with Gasteiger partial charge in [-0.05, 0) is 18.3 Å². The van der Waals surface area contributed by atoms with Crippen LogP contribution in [0.15, 0.2) is 5.18 Å². The fourth-order valence-electron chi connectivity index (χ4n) is 1.26. The molecule has 0 aromatic heterocycles. The van der Waals surface area contributed by atoms with E-state index >= 15 is 0 Å². The lowest BCUT2D eigenvalue weighted by atomic mass is 9.94. The van der Waals surface area contributed by atoms with Crippen LogP contribution in [0.4, 0.5) is 4.53 Å². The standard InChI is InChI=1S/C8H14FNO3/c1-6(2)3-7(5-10-12)4-8(11)13-9/h6-7H,3-5H2,1-2H3. The number of hydrogen-bond donors (Lipinski definition) is 0. The topological polar surface area (TPSA) is 55.7 Å². The average Bonchev–Trinajstić information content (AvgIpc) is 2.03. The van der Waals surface area contributed by atoms with E-state index in [-0.39, 0.29) is 18.9 Å². The number of hydrogen-bond acceptors (Lipinski definition) is 4. The van der Waals surface area contributed by atoms with Crippen LogP contribution in [0.5, 0.6) is 0 Å². The summed E-state index contributed by atoms with van der Waals surface area (Å²) in [6.07, 6.45) is 0.585. The van der Waals surface area contributed by atoms with Gasteiger partial charge in [0.2, 0.25) is 0 Å². The zero-order valence-corrected chi connectivity index (χ0v) is 7.83. The van der Waals surface area contributed by atoms with Gasteiger partial charge in [-0.3, -0.25) is 4.94 Å². The van der Waals surface area contributed by atoms with Crippen molar-refractivity contribution in [2.45, 2.75) is 26.7 Å². The Labute approximate surface area is 76.3 Å². The van der Waals surface area contributed by atoms with Gasteiger partial charge in [-0.25, -0.2) is 4.79 Å². The fraction of sp³-hybridized carbons (Fsp3) is 0.875. The molecule has 0 spiro atoms. The fourth-order valence-corrected chi connectivity index (χ4v) is 1.26. The maximum atomic E-state index is 11.4. The number of nitrogens with zero attached hydrogens (tertiary/aromatic N) is 1. The molecule has 0 aliphatic rings. The first kappa shape index (κ1) is 12.0. The molecule has 0 heterocycles. The molecular formula is C8H14FNO3. The largest absolute Gasteiger partial charge is 0.349 e. The monoisotopic (exact) mass is 191 g/mol. The molecule has 0 aromatic carbocycles. The summed E-state index contributed by atoms with van der Waals surface area (Å²) in [4.78, 5) is 23.5. The molecule has 13 heavy (non-hydrogen) atoms. The van der Waals surface area contributed by atoms with E-state index in [1.54, 1.807) is 0 Å². The van der Waals surface area contributed by atoms with Gasteiger partial charge in [0.25, 0.3) is 0 Å². The number of rotatable bonds is 6. The maximum Gasteiger partial charge on any atom is 0.349 e. The zero-order valence-electron chi connectivity index (χ0n) is 7.83. The highest BCUT2D eigenvalue weighted by atomic mass is 19.3. The van der Waals surface area contributed by atoms with Gasteiger partial charge in [0.05, 0.1) is 13.0 Å². The first-order chi connectivity index (χ1) is 6.10. The number of carbonyl (C=O) groups excluding carboxylic acids is 1. The van der Waals surface area contributed by atoms with Crippen LogP contribution in [-0.2, 0) is 9.74 Å². The number of nitroso groups, excluding NO2 is 1. The van der Waals surface area contributed by atoms with Gasteiger partial charge in [0.1, 0.15) is 0 Å². The lowest BCUT2D eigenvalue weighted by Gasteiger charge is -2.12. The first-order valence-corrected chi connectivity index (χ1v) is 4.20. The van der Waals surface area contributed by atoms with Crippen LogP contribution in [0.3, 0.4) is 0 Å². The molecule has 0 aromatic rings. The molecular weight excluding hydrogens is 177 g/mol. The molecule has 5 heteroatoms. The van der Waals surface area contributed by atoms with Crippen molar-refractivity contribution < 1.29 is 14.3 Å². The van der Waals surface area contributed by atoms with Gasteiger partial charge in [0.15, 0.2) is 0 Å².